The van der Waals surface area contributed by atoms with Gasteiger partial charge in [0.25, 0.3) is 5.56 Å². The first-order valence-electron chi connectivity index (χ1n) is 7.92. The van der Waals surface area contributed by atoms with Crippen LogP contribution in [0.25, 0.3) is 22.5 Å². The predicted octanol–water partition coefficient (Wildman–Crippen LogP) is 5.64. The quantitative estimate of drug-likeness (QED) is 0.583. The van der Waals surface area contributed by atoms with E-state index in [-0.39, 0.29) is 11.1 Å². The molecule has 3 nitrogen and oxygen atoms in total. The summed E-state index contributed by atoms with van der Waals surface area (Å²) in [5.41, 5.74) is 2.26. The molecule has 1 heterocycles. The molecule has 3 aromatic rings. The minimum Gasteiger partial charge on any atom is -0.306 e. The topological polar surface area (TPSA) is 34.9 Å². The lowest BCUT2D eigenvalue weighted by molar-refractivity contribution is 0.384. The van der Waals surface area contributed by atoms with Gasteiger partial charge in [-0.25, -0.2) is 4.98 Å². The number of halogens is 2. The summed E-state index contributed by atoms with van der Waals surface area (Å²) in [6, 6.07) is 14.6. The van der Waals surface area contributed by atoms with Crippen molar-refractivity contribution in [2.45, 2.75) is 26.3 Å². The predicted molar refractivity (Wildman–Crippen MR) is 104 cm³/mol. The highest BCUT2D eigenvalue weighted by atomic mass is 35.5. The van der Waals surface area contributed by atoms with Crippen LogP contribution in [-0.2, 0) is 5.54 Å². The highest BCUT2D eigenvalue weighted by molar-refractivity contribution is 6.30. The van der Waals surface area contributed by atoms with E-state index in [9.17, 15) is 4.79 Å². The van der Waals surface area contributed by atoms with Crippen LogP contribution in [-0.4, -0.2) is 9.55 Å². The molecule has 0 atom stereocenters. The summed E-state index contributed by atoms with van der Waals surface area (Å²) >= 11 is 12.0. The fourth-order valence-corrected chi connectivity index (χ4v) is 2.80. The average molecular weight is 373 g/mol. The second-order valence-electron chi connectivity index (χ2n) is 6.83. The number of aromatic nitrogens is 2. The van der Waals surface area contributed by atoms with Crippen LogP contribution in [0.1, 0.15) is 20.8 Å². The van der Waals surface area contributed by atoms with Gasteiger partial charge in [-0.1, -0.05) is 47.5 Å². The van der Waals surface area contributed by atoms with E-state index in [4.69, 9.17) is 23.2 Å². The van der Waals surface area contributed by atoms with Gasteiger partial charge < -0.3 is 4.57 Å². The third-order valence-corrected chi connectivity index (χ3v) is 4.39. The Kier molecular flexibility index (Phi) is 4.72. The van der Waals surface area contributed by atoms with Crippen molar-refractivity contribution in [2.75, 3.05) is 0 Å². The first kappa shape index (κ1) is 17.7. The van der Waals surface area contributed by atoms with E-state index in [1.54, 1.807) is 22.9 Å². The lowest BCUT2D eigenvalue weighted by Crippen LogP contribution is -2.35. The maximum Gasteiger partial charge on any atom is 0.277 e. The molecule has 2 aromatic carbocycles. The molecule has 0 aliphatic carbocycles. The van der Waals surface area contributed by atoms with E-state index in [1.165, 1.54) is 0 Å². The molecular weight excluding hydrogens is 355 g/mol. The fraction of sp³-hybridized carbons (Fsp3) is 0.200. The summed E-state index contributed by atoms with van der Waals surface area (Å²) in [5.74, 6) is 0. The number of benzene rings is 2. The Bertz CT molecular complexity index is 953. The monoisotopic (exact) mass is 372 g/mol. The second kappa shape index (κ2) is 6.66. The van der Waals surface area contributed by atoms with Gasteiger partial charge in [-0.3, -0.25) is 4.79 Å². The van der Waals surface area contributed by atoms with Gasteiger partial charge in [0.2, 0.25) is 0 Å². The van der Waals surface area contributed by atoms with Crippen LogP contribution in [0.2, 0.25) is 10.0 Å². The molecule has 0 amide bonds. The summed E-state index contributed by atoms with van der Waals surface area (Å²) < 4.78 is 1.72. The zero-order chi connectivity index (χ0) is 18.2. The summed E-state index contributed by atoms with van der Waals surface area (Å²) in [5, 5.41) is 1.28. The van der Waals surface area contributed by atoms with Crippen LogP contribution >= 0.6 is 23.2 Å². The zero-order valence-electron chi connectivity index (χ0n) is 14.3. The third kappa shape index (κ3) is 3.78. The van der Waals surface area contributed by atoms with Crippen molar-refractivity contribution < 1.29 is 0 Å². The van der Waals surface area contributed by atoms with Gasteiger partial charge in [-0.15, -0.1) is 0 Å². The van der Waals surface area contributed by atoms with Gasteiger partial charge in [0, 0.05) is 32.9 Å². The highest BCUT2D eigenvalue weighted by Gasteiger charge is 2.20. The Hall–Kier alpha value is -2.10. The maximum absolute atomic E-state index is 13.0. The SMILES string of the molecule is CC(C)(C)n1cc(-c2ccc(Cl)cc2)nc(-c2ccc(Cl)cc2)c1=O. The van der Waals surface area contributed by atoms with Gasteiger partial charge in [0.05, 0.1) is 5.69 Å². The molecule has 0 aliphatic heterocycles. The molecule has 0 radical (unpaired) electrons. The smallest absolute Gasteiger partial charge is 0.277 e. The van der Waals surface area contributed by atoms with Crippen LogP contribution in [0, 0.1) is 0 Å². The molecule has 0 saturated carbocycles. The van der Waals surface area contributed by atoms with Gasteiger partial charge in [0.15, 0.2) is 0 Å². The first-order chi connectivity index (χ1) is 11.8. The van der Waals surface area contributed by atoms with Crippen molar-refractivity contribution >= 4 is 23.2 Å². The summed E-state index contributed by atoms with van der Waals surface area (Å²) in [6.45, 7) is 5.98. The molecule has 0 unspecified atom stereocenters. The molecule has 3 rings (SSSR count). The van der Waals surface area contributed by atoms with Crippen molar-refractivity contribution in [1.29, 1.82) is 0 Å². The summed E-state index contributed by atoms with van der Waals surface area (Å²) in [4.78, 5) is 17.6. The average Bonchev–Trinajstić information content (AvgIpc) is 2.56. The number of hydrogen-bond donors (Lipinski definition) is 0. The van der Waals surface area contributed by atoms with E-state index in [0.717, 1.165) is 16.8 Å². The van der Waals surface area contributed by atoms with Crippen LogP contribution in [0.5, 0.6) is 0 Å². The lowest BCUT2D eigenvalue weighted by atomic mass is 10.1. The molecule has 0 spiro atoms. The van der Waals surface area contributed by atoms with E-state index in [1.807, 2.05) is 57.2 Å². The Morgan fingerprint density at radius 1 is 0.840 bits per heavy atom. The molecule has 0 bridgehead atoms. The molecule has 0 saturated heterocycles. The van der Waals surface area contributed by atoms with Gasteiger partial charge in [0.1, 0.15) is 5.69 Å². The zero-order valence-corrected chi connectivity index (χ0v) is 15.8. The highest BCUT2D eigenvalue weighted by Crippen LogP contribution is 2.25. The van der Waals surface area contributed by atoms with Crippen LogP contribution < -0.4 is 5.56 Å². The summed E-state index contributed by atoms with van der Waals surface area (Å²) in [7, 11) is 0. The Morgan fingerprint density at radius 2 is 1.32 bits per heavy atom. The van der Waals surface area contributed by atoms with E-state index in [2.05, 4.69) is 4.98 Å². The number of rotatable bonds is 2. The molecule has 0 aliphatic rings. The van der Waals surface area contributed by atoms with Crippen LogP contribution in [0.3, 0.4) is 0 Å². The van der Waals surface area contributed by atoms with Crippen molar-refractivity contribution in [3.8, 4) is 22.5 Å². The third-order valence-electron chi connectivity index (χ3n) is 3.89. The standard InChI is InChI=1S/C20H18Cl2N2O/c1-20(2,3)24-12-17(13-4-8-15(21)9-5-13)23-18(19(24)25)14-6-10-16(22)11-7-14/h4-12H,1-3H3. The van der Waals surface area contributed by atoms with Gasteiger partial charge >= 0.3 is 0 Å². The first-order valence-corrected chi connectivity index (χ1v) is 8.67. The Balaban J connectivity index is 2.27. The number of hydrogen-bond acceptors (Lipinski definition) is 2. The minimum atomic E-state index is -0.373. The molecular formula is C20H18Cl2N2O. The van der Waals surface area contributed by atoms with Gasteiger partial charge in [-0.05, 0) is 45.0 Å². The van der Waals surface area contributed by atoms with E-state index < -0.39 is 0 Å². The van der Waals surface area contributed by atoms with Crippen molar-refractivity contribution in [3.05, 3.63) is 75.1 Å². The molecule has 0 fully saturated rings. The molecule has 5 heteroatoms. The van der Waals surface area contributed by atoms with Gasteiger partial charge in [-0.2, -0.15) is 0 Å². The molecule has 1 aromatic heterocycles. The normalized spacial score (nSPS) is 11.6. The number of nitrogens with zero attached hydrogens (tertiary/aromatic N) is 2. The molecule has 128 valence electrons. The summed E-state index contributed by atoms with van der Waals surface area (Å²) in [6.07, 6.45) is 1.80. The Morgan fingerprint density at radius 3 is 1.80 bits per heavy atom. The van der Waals surface area contributed by atoms with E-state index >= 15 is 0 Å². The van der Waals surface area contributed by atoms with Crippen molar-refractivity contribution in [1.82, 2.24) is 9.55 Å². The largest absolute Gasteiger partial charge is 0.306 e. The van der Waals surface area contributed by atoms with E-state index in [0.29, 0.717) is 15.7 Å². The molecule has 25 heavy (non-hydrogen) atoms. The molecule has 0 N–H and O–H groups in total. The van der Waals surface area contributed by atoms with Crippen molar-refractivity contribution in [2.24, 2.45) is 0 Å². The minimum absolute atomic E-state index is 0.132. The second-order valence-corrected chi connectivity index (χ2v) is 7.71. The van der Waals surface area contributed by atoms with Crippen LogP contribution in [0.15, 0.2) is 59.5 Å². The fourth-order valence-electron chi connectivity index (χ4n) is 2.55. The lowest BCUT2D eigenvalue weighted by Gasteiger charge is -2.24. The maximum atomic E-state index is 13.0. The Labute approximate surface area is 156 Å². The van der Waals surface area contributed by atoms with Crippen LogP contribution in [0.4, 0.5) is 0 Å². The van der Waals surface area contributed by atoms with Crippen molar-refractivity contribution in [3.63, 3.8) is 0 Å².